The van der Waals surface area contributed by atoms with Crippen molar-refractivity contribution in [3.63, 3.8) is 0 Å². The Morgan fingerprint density at radius 3 is 0.842 bits per heavy atom. The molecule has 40 atom stereocenters. The number of ether oxygens (including phenoxy) is 15. The van der Waals surface area contributed by atoms with E-state index >= 15 is 0 Å². The standard InChI is InChI=1S/C56H94N4O41/c1-13(68)57-25-34(77)43(21(9-65)93-50(25)87-12-24-33(76)46(28(49(86)88-24)60-16(4)71)99-54-40(83)38(81)30(73)18(6-62)90-54)97-55-41(84)47(31(74)19(7-63)91-55)101-52-27(59-15(3)70)36(79)45(23(11-67)95-52)98-56-42(85)48(32(75)20(8-64)92-56)100-51-26(58-14(2)69)35(78)44(22(10-66)94-51)96-53-39(82)37(80)29(72)17(5-61)89-53/h17-56,61-67,72-86H,5-12H2,1-4H3,(H,57,68)(H,58,69)(H,59,70)(H,60,71)/t17-,18-,19-,20-,21-,22-,23-,24-,25-,26-,27-,28-,29+,30+,31+,32+,33+,34-,35-,36-,37+,38+,39+,40-,41-,42-,43-,44-,45-,46-,47+,48-,49?,50-,51+,52+,53+,54+,55+,56+/m1/s1. The van der Waals surface area contributed by atoms with Crippen LogP contribution >= 0.6 is 0 Å². The maximum atomic E-state index is 12.9. The maximum Gasteiger partial charge on any atom is 0.217 e. The summed E-state index contributed by atoms with van der Waals surface area (Å²) < 4.78 is 86.9. The fraction of sp³-hybridized carbons (Fsp3) is 0.929. The highest BCUT2D eigenvalue weighted by atomic mass is 16.8. The van der Waals surface area contributed by atoms with Gasteiger partial charge in [0, 0.05) is 27.7 Å². The highest BCUT2D eigenvalue weighted by Crippen LogP contribution is 2.39. The van der Waals surface area contributed by atoms with Crippen molar-refractivity contribution in [3.05, 3.63) is 0 Å². The Bertz CT molecular complexity index is 2640. The molecule has 8 heterocycles. The van der Waals surface area contributed by atoms with Crippen molar-refractivity contribution in [2.75, 3.05) is 52.9 Å². The molecule has 4 amide bonds. The van der Waals surface area contributed by atoms with Gasteiger partial charge in [0.25, 0.3) is 0 Å². The topological polar surface area (TPSA) is 700 Å². The Morgan fingerprint density at radius 2 is 0.515 bits per heavy atom. The first-order valence-electron chi connectivity index (χ1n) is 32.1. The summed E-state index contributed by atoms with van der Waals surface area (Å²) in [4.78, 5) is 50.4. The largest absolute Gasteiger partial charge is 0.394 e. The lowest BCUT2D eigenvalue weighted by Gasteiger charge is -2.51. The van der Waals surface area contributed by atoms with Crippen LogP contribution in [0.3, 0.4) is 0 Å². The monoisotopic (exact) mass is 1480 g/mol. The van der Waals surface area contributed by atoms with E-state index in [1.54, 1.807) is 0 Å². The zero-order chi connectivity index (χ0) is 74.5. The van der Waals surface area contributed by atoms with Crippen LogP contribution in [0, 0.1) is 0 Å². The summed E-state index contributed by atoms with van der Waals surface area (Å²) in [6.07, 6.45) is -70.2. The Hall–Kier alpha value is -3.60. The van der Waals surface area contributed by atoms with Gasteiger partial charge < -0.3 is 205 Å². The molecular weight excluding hydrogens is 1380 g/mol. The van der Waals surface area contributed by atoms with Gasteiger partial charge in [0.2, 0.25) is 23.6 Å². The van der Waals surface area contributed by atoms with Crippen LogP contribution in [0.2, 0.25) is 0 Å². The number of carbonyl (C=O) groups excluding carboxylic acids is 4. The summed E-state index contributed by atoms with van der Waals surface area (Å²) in [7, 11) is 0. The number of aliphatic hydroxyl groups is 22. The predicted molar refractivity (Wildman–Crippen MR) is 311 cm³/mol. The quantitative estimate of drug-likeness (QED) is 0.0382. The van der Waals surface area contributed by atoms with Crippen LogP contribution in [0.1, 0.15) is 27.7 Å². The molecule has 45 heteroatoms. The van der Waals surface area contributed by atoms with Gasteiger partial charge in [-0.2, -0.15) is 0 Å². The minimum absolute atomic E-state index is 0.785. The molecule has 8 fully saturated rings. The molecule has 0 spiro atoms. The molecule has 0 aromatic heterocycles. The Kier molecular flexibility index (Phi) is 29.9. The van der Waals surface area contributed by atoms with E-state index < -0.39 is 322 Å². The summed E-state index contributed by atoms with van der Waals surface area (Å²) in [5, 5.41) is 250. The predicted octanol–water partition coefficient (Wildman–Crippen LogP) is -17.9. The van der Waals surface area contributed by atoms with Crippen molar-refractivity contribution in [3.8, 4) is 0 Å². The number of carbonyl (C=O) groups is 4. The zero-order valence-corrected chi connectivity index (χ0v) is 54.3. The normalized spacial score (nSPS) is 48.3. The molecule has 584 valence electrons. The van der Waals surface area contributed by atoms with Gasteiger partial charge in [-0.3, -0.25) is 19.2 Å². The lowest BCUT2D eigenvalue weighted by molar-refractivity contribution is -0.386. The van der Waals surface area contributed by atoms with E-state index in [1.165, 1.54) is 0 Å². The molecule has 8 rings (SSSR count). The van der Waals surface area contributed by atoms with E-state index in [0.29, 0.717) is 0 Å². The van der Waals surface area contributed by atoms with E-state index in [2.05, 4.69) is 21.3 Å². The molecule has 8 saturated heterocycles. The molecule has 8 aliphatic heterocycles. The van der Waals surface area contributed by atoms with E-state index in [-0.39, 0.29) is 0 Å². The zero-order valence-electron chi connectivity index (χ0n) is 54.3. The Labute approximate surface area is 572 Å². The Morgan fingerprint density at radius 1 is 0.257 bits per heavy atom. The second-order valence-electron chi connectivity index (χ2n) is 25.4. The minimum atomic E-state index is -2.30. The van der Waals surface area contributed by atoms with E-state index in [1.807, 2.05) is 0 Å². The molecule has 0 aromatic carbocycles. The number of hydrogen-bond donors (Lipinski definition) is 26. The molecule has 1 unspecified atom stereocenters. The number of amides is 4. The first-order chi connectivity index (χ1) is 47.8. The fourth-order valence-electron chi connectivity index (χ4n) is 13.0. The van der Waals surface area contributed by atoms with Crippen molar-refractivity contribution in [1.82, 2.24) is 21.3 Å². The summed E-state index contributed by atoms with van der Waals surface area (Å²) in [6.45, 7) is -4.09. The van der Waals surface area contributed by atoms with Gasteiger partial charge in [0.05, 0.1) is 52.9 Å². The molecule has 26 N–H and O–H groups in total. The molecule has 0 radical (unpaired) electrons. The summed E-state index contributed by atoms with van der Waals surface area (Å²) in [5.74, 6) is -3.43. The third-order valence-corrected chi connectivity index (χ3v) is 18.2. The second-order valence-corrected chi connectivity index (χ2v) is 25.4. The second kappa shape index (κ2) is 36.3. The molecule has 101 heavy (non-hydrogen) atoms. The Balaban J connectivity index is 0.964. The molecule has 0 bridgehead atoms. The smallest absolute Gasteiger partial charge is 0.217 e. The van der Waals surface area contributed by atoms with Gasteiger partial charge in [-0.25, -0.2) is 0 Å². The number of hydrogen-bond acceptors (Lipinski definition) is 41. The van der Waals surface area contributed by atoms with Gasteiger partial charge in [-0.15, -0.1) is 0 Å². The molecular formula is C56H94N4O41. The highest BCUT2D eigenvalue weighted by molar-refractivity contribution is 5.74. The minimum Gasteiger partial charge on any atom is -0.394 e. The third-order valence-electron chi connectivity index (χ3n) is 18.2. The van der Waals surface area contributed by atoms with Gasteiger partial charge in [-0.1, -0.05) is 0 Å². The van der Waals surface area contributed by atoms with Crippen molar-refractivity contribution in [2.24, 2.45) is 0 Å². The van der Waals surface area contributed by atoms with Crippen molar-refractivity contribution in [1.29, 1.82) is 0 Å². The van der Waals surface area contributed by atoms with Crippen LogP contribution in [-0.4, -0.2) is 434 Å². The molecule has 0 saturated carbocycles. The van der Waals surface area contributed by atoms with Gasteiger partial charge in [0.15, 0.2) is 50.3 Å². The van der Waals surface area contributed by atoms with Crippen LogP contribution in [0.5, 0.6) is 0 Å². The molecule has 0 aliphatic carbocycles. The lowest BCUT2D eigenvalue weighted by Crippen LogP contribution is -2.71. The average Bonchev–Trinajstić information content (AvgIpc) is 0.771. The fourth-order valence-corrected chi connectivity index (χ4v) is 13.0. The average molecular weight is 1480 g/mol. The van der Waals surface area contributed by atoms with Gasteiger partial charge >= 0.3 is 0 Å². The van der Waals surface area contributed by atoms with Crippen LogP contribution in [0.25, 0.3) is 0 Å². The van der Waals surface area contributed by atoms with E-state index in [4.69, 9.17) is 71.1 Å². The summed E-state index contributed by atoms with van der Waals surface area (Å²) >= 11 is 0. The van der Waals surface area contributed by atoms with Crippen molar-refractivity contribution in [2.45, 2.75) is 273 Å². The van der Waals surface area contributed by atoms with Crippen molar-refractivity contribution < 1.29 is 203 Å². The molecule has 8 aliphatic rings. The maximum absolute atomic E-state index is 12.9. The SMILES string of the molecule is CC(=O)N[C@H]1[C@H](O[C@@H]2[C@@H](O)[C@@H](CO)O[C@@H](O[C@H]3[C@H](O)[C@@H](NC(C)=O)[C@H](O[C@H]4[C@@H](O)[C@@H](CO)O[C@@H](O[C@H]5[C@H](O)[C@@H](NC(C)=O)[C@H](OC[C@H]6OC(O)[C@H](NC(C)=O)[C@@H](O[C@@H]7O[C@H](CO)[C@H](O)[C@H](O)[C@H]7O)[C@H]6O)O[C@@H]5CO)[C@@H]4O)O[C@@H]3CO)[C@@H]2O)O[C@H](CO)[C@@H](O[C@@H]2O[C@H](CO)[C@H](O)[C@H](O)[C@@H]2O)[C@@H]1O. The number of nitrogens with one attached hydrogen (secondary N) is 4. The lowest BCUT2D eigenvalue weighted by atomic mass is 9.93. The van der Waals surface area contributed by atoms with Crippen LogP contribution in [0.15, 0.2) is 0 Å². The number of aliphatic hydroxyl groups excluding tert-OH is 22. The highest BCUT2D eigenvalue weighted by Gasteiger charge is 2.60. The first-order valence-corrected chi connectivity index (χ1v) is 32.1. The van der Waals surface area contributed by atoms with E-state index in [9.17, 15) is 132 Å². The number of rotatable bonds is 26. The third kappa shape index (κ3) is 18.5. The van der Waals surface area contributed by atoms with Crippen LogP contribution in [-0.2, 0) is 90.2 Å². The van der Waals surface area contributed by atoms with Gasteiger partial charge in [0.1, 0.15) is 195 Å². The molecule has 45 nitrogen and oxygen atoms in total. The summed E-state index contributed by atoms with van der Waals surface area (Å²) in [5.41, 5.74) is 0. The first kappa shape index (κ1) is 83.0. The van der Waals surface area contributed by atoms with Crippen molar-refractivity contribution >= 4 is 23.6 Å². The van der Waals surface area contributed by atoms with Crippen LogP contribution < -0.4 is 21.3 Å². The van der Waals surface area contributed by atoms with Gasteiger partial charge in [-0.05, 0) is 0 Å². The molecule has 0 aromatic rings. The van der Waals surface area contributed by atoms with E-state index in [0.717, 1.165) is 27.7 Å². The van der Waals surface area contributed by atoms with Crippen LogP contribution in [0.4, 0.5) is 0 Å². The summed E-state index contributed by atoms with van der Waals surface area (Å²) in [6, 6.07) is -7.09.